The van der Waals surface area contributed by atoms with Crippen molar-refractivity contribution in [3.63, 3.8) is 0 Å². The van der Waals surface area contributed by atoms with Crippen molar-refractivity contribution in [2.24, 2.45) is 0 Å². The smallest absolute Gasteiger partial charge is 0.322 e. The maximum absolute atomic E-state index is 11.6. The van der Waals surface area contributed by atoms with Crippen molar-refractivity contribution < 1.29 is 19.2 Å². The van der Waals surface area contributed by atoms with E-state index in [1.54, 1.807) is 0 Å². The third kappa shape index (κ3) is 2.00. The van der Waals surface area contributed by atoms with Crippen molar-refractivity contribution in [3.05, 3.63) is 0 Å². The van der Waals surface area contributed by atoms with Crippen molar-refractivity contribution in [3.8, 4) is 0 Å². The summed E-state index contributed by atoms with van der Waals surface area (Å²) in [5.74, 6) is -0.917. The Morgan fingerprint density at radius 3 is 2.65 bits per heavy atom. The topological polar surface area (TPSA) is 95.6 Å². The van der Waals surface area contributed by atoms with Gasteiger partial charge in [-0.2, -0.15) is 0 Å². The highest BCUT2D eigenvalue weighted by Crippen LogP contribution is 2.24. The highest BCUT2D eigenvalue weighted by atomic mass is 16.2. The Hall–Kier alpha value is -1.92. The number of imide groups is 1. The van der Waals surface area contributed by atoms with Gasteiger partial charge >= 0.3 is 6.03 Å². The molecule has 0 aromatic rings. The SMILES string of the molecule is CC(=O)CC(=O)N1CCC2(C1)NC(=O)NC2=O. The molecule has 92 valence electrons. The number of hydrogen-bond acceptors (Lipinski definition) is 4. The van der Waals surface area contributed by atoms with Gasteiger partial charge in [0.1, 0.15) is 11.3 Å². The first-order chi connectivity index (χ1) is 7.93. The van der Waals surface area contributed by atoms with Crippen LogP contribution >= 0.6 is 0 Å². The molecule has 2 aliphatic heterocycles. The fraction of sp³-hybridized carbons (Fsp3) is 0.600. The van der Waals surface area contributed by atoms with Crippen LogP contribution in [0.5, 0.6) is 0 Å². The lowest BCUT2D eigenvalue weighted by atomic mass is 9.99. The molecule has 0 bridgehead atoms. The lowest BCUT2D eigenvalue weighted by Gasteiger charge is -2.20. The van der Waals surface area contributed by atoms with Crippen LogP contribution < -0.4 is 10.6 Å². The molecule has 17 heavy (non-hydrogen) atoms. The molecule has 1 atom stereocenters. The van der Waals surface area contributed by atoms with Gasteiger partial charge in [0, 0.05) is 6.54 Å². The Labute approximate surface area is 97.5 Å². The quantitative estimate of drug-likeness (QED) is 0.466. The normalized spacial score (nSPS) is 27.2. The van der Waals surface area contributed by atoms with Crippen LogP contribution in [0, 0.1) is 0 Å². The van der Waals surface area contributed by atoms with Crippen LogP contribution in [0.2, 0.25) is 0 Å². The van der Waals surface area contributed by atoms with Crippen molar-refractivity contribution in [1.29, 1.82) is 0 Å². The molecule has 0 radical (unpaired) electrons. The number of urea groups is 1. The fourth-order valence-electron chi connectivity index (χ4n) is 2.16. The molecule has 0 aliphatic carbocycles. The number of Topliss-reactive ketones (excluding diaryl/α,β-unsaturated/α-hetero) is 1. The first-order valence-electron chi connectivity index (χ1n) is 5.34. The van der Waals surface area contributed by atoms with Crippen LogP contribution in [-0.2, 0) is 14.4 Å². The van der Waals surface area contributed by atoms with Crippen LogP contribution in [0.3, 0.4) is 0 Å². The van der Waals surface area contributed by atoms with Crippen molar-refractivity contribution >= 4 is 23.6 Å². The number of nitrogens with zero attached hydrogens (tertiary/aromatic N) is 1. The van der Waals surface area contributed by atoms with Gasteiger partial charge in [-0.1, -0.05) is 0 Å². The summed E-state index contributed by atoms with van der Waals surface area (Å²) in [6.45, 7) is 1.85. The molecule has 0 saturated carbocycles. The Kier molecular flexibility index (Phi) is 2.60. The van der Waals surface area contributed by atoms with Gasteiger partial charge in [-0.15, -0.1) is 0 Å². The van der Waals surface area contributed by atoms with E-state index in [2.05, 4.69) is 10.6 Å². The highest BCUT2D eigenvalue weighted by Gasteiger charge is 2.51. The first kappa shape index (κ1) is 11.6. The molecule has 0 aromatic heterocycles. The van der Waals surface area contributed by atoms with Gasteiger partial charge in [0.15, 0.2) is 0 Å². The van der Waals surface area contributed by atoms with E-state index in [9.17, 15) is 19.2 Å². The number of rotatable bonds is 2. The van der Waals surface area contributed by atoms with Crippen LogP contribution in [0.25, 0.3) is 0 Å². The standard InChI is InChI=1S/C10H13N3O4/c1-6(14)4-7(15)13-3-2-10(5-13)8(16)11-9(17)12-10/h2-5H2,1H3,(H2,11,12,16,17). The molecule has 0 aromatic carbocycles. The van der Waals surface area contributed by atoms with E-state index in [4.69, 9.17) is 0 Å². The molecular formula is C10H13N3O4. The molecule has 2 N–H and O–H groups in total. The third-order valence-corrected chi connectivity index (χ3v) is 3.04. The van der Waals surface area contributed by atoms with E-state index in [-0.39, 0.29) is 24.7 Å². The number of amides is 4. The van der Waals surface area contributed by atoms with E-state index in [1.807, 2.05) is 0 Å². The zero-order valence-corrected chi connectivity index (χ0v) is 9.41. The molecule has 7 nitrogen and oxygen atoms in total. The minimum atomic E-state index is -0.996. The van der Waals surface area contributed by atoms with Crippen molar-refractivity contribution in [2.75, 3.05) is 13.1 Å². The van der Waals surface area contributed by atoms with E-state index in [1.165, 1.54) is 11.8 Å². The van der Waals surface area contributed by atoms with Crippen molar-refractivity contribution in [1.82, 2.24) is 15.5 Å². The van der Waals surface area contributed by atoms with E-state index in [0.29, 0.717) is 13.0 Å². The highest BCUT2D eigenvalue weighted by molar-refractivity contribution is 6.08. The van der Waals surface area contributed by atoms with Gasteiger partial charge < -0.3 is 10.2 Å². The number of hydrogen-bond donors (Lipinski definition) is 2. The zero-order valence-electron chi connectivity index (χ0n) is 9.41. The Morgan fingerprint density at radius 2 is 2.12 bits per heavy atom. The van der Waals surface area contributed by atoms with Gasteiger partial charge in [0.2, 0.25) is 5.91 Å². The molecule has 2 heterocycles. The second-order valence-electron chi connectivity index (χ2n) is 4.43. The molecule has 2 aliphatic rings. The predicted octanol–water partition coefficient (Wildman–Crippen LogP) is -1.22. The zero-order chi connectivity index (χ0) is 12.6. The molecule has 2 fully saturated rings. The number of carbonyl (C=O) groups is 4. The van der Waals surface area contributed by atoms with E-state index in [0.717, 1.165) is 0 Å². The average molecular weight is 239 g/mol. The summed E-state index contributed by atoms with van der Waals surface area (Å²) >= 11 is 0. The maximum atomic E-state index is 11.6. The average Bonchev–Trinajstić information content (AvgIpc) is 2.72. The summed E-state index contributed by atoms with van der Waals surface area (Å²) in [5, 5.41) is 4.69. The number of ketones is 1. The number of carbonyl (C=O) groups excluding carboxylic acids is 4. The first-order valence-corrected chi connectivity index (χ1v) is 5.34. The molecule has 2 saturated heterocycles. The summed E-state index contributed by atoms with van der Waals surface area (Å²) in [6, 6.07) is -0.532. The summed E-state index contributed by atoms with van der Waals surface area (Å²) in [5.41, 5.74) is -0.996. The number of likely N-dealkylation sites (tertiary alicyclic amines) is 1. The van der Waals surface area contributed by atoms with Crippen LogP contribution in [0.4, 0.5) is 4.79 Å². The predicted molar refractivity (Wildman–Crippen MR) is 55.9 cm³/mol. The van der Waals surface area contributed by atoms with Crippen LogP contribution in [-0.4, -0.2) is 47.2 Å². The largest absolute Gasteiger partial charge is 0.339 e. The van der Waals surface area contributed by atoms with Gasteiger partial charge in [-0.3, -0.25) is 19.7 Å². The number of nitrogens with one attached hydrogen (secondary N) is 2. The monoisotopic (exact) mass is 239 g/mol. The third-order valence-electron chi connectivity index (χ3n) is 3.04. The summed E-state index contributed by atoms with van der Waals surface area (Å²) < 4.78 is 0. The summed E-state index contributed by atoms with van der Waals surface area (Å²) in [7, 11) is 0. The van der Waals surface area contributed by atoms with E-state index >= 15 is 0 Å². The molecular weight excluding hydrogens is 226 g/mol. The fourth-order valence-corrected chi connectivity index (χ4v) is 2.16. The lowest BCUT2D eigenvalue weighted by molar-refractivity contribution is -0.134. The Morgan fingerprint density at radius 1 is 1.41 bits per heavy atom. The molecule has 1 unspecified atom stereocenters. The molecule has 4 amide bonds. The minimum absolute atomic E-state index is 0.136. The van der Waals surface area contributed by atoms with Crippen molar-refractivity contribution in [2.45, 2.75) is 25.3 Å². The summed E-state index contributed by atoms with van der Waals surface area (Å²) in [6.07, 6.45) is 0.222. The second-order valence-corrected chi connectivity index (χ2v) is 4.43. The van der Waals surface area contributed by atoms with Gasteiger partial charge in [0.05, 0.1) is 13.0 Å². The van der Waals surface area contributed by atoms with Gasteiger partial charge in [-0.25, -0.2) is 4.79 Å². The van der Waals surface area contributed by atoms with E-state index < -0.39 is 17.5 Å². The van der Waals surface area contributed by atoms with Crippen LogP contribution in [0.1, 0.15) is 19.8 Å². The Bertz CT molecular complexity index is 420. The van der Waals surface area contributed by atoms with Crippen LogP contribution in [0.15, 0.2) is 0 Å². The second kappa shape index (κ2) is 3.83. The minimum Gasteiger partial charge on any atom is -0.339 e. The van der Waals surface area contributed by atoms with Gasteiger partial charge in [-0.05, 0) is 13.3 Å². The molecule has 1 spiro atoms. The molecule has 2 rings (SSSR count). The lowest BCUT2D eigenvalue weighted by Crippen LogP contribution is -2.49. The summed E-state index contributed by atoms with van der Waals surface area (Å²) in [4.78, 5) is 46.6. The maximum Gasteiger partial charge on any atom is 0.322 e. The molecule has 7 heteroatoms. The Balaban J connectivity index is 2.04. The van der Waals surface area contributed by atoms with Gasteiger partial charge in [0.25, 0.3) is 5.91 Å².